The number of furan rings is 1. The van der Waals surface area contributed by atoms with E-state index >= 15 is 0 Å². The van der Waals surface area contributed by atoms with Gasteiger partial charge in [0.1, 0.15) is 5.58 Å². The number of ketones is 1. The first-order chi connectivity index (χ1) is 12.6. The number of Topliss-reactive ketones (excluding diaryl/α,β-unsaturated/α-hetero) is 1. The third-order valence-corrected chi connectivity index (χ3v) is 5.32. The number of aromatic nitrogens is 3. The van der Waals surface area contributed by atoms with Crippen LogP contribution in [0.5, 0.6) is 0 Å². The predicted molar refractivity (Wildman–Crippen MR) is 102 cm³/mol. The van der Waals surface area contributed by atoms with E-state index in [2.05, 4.69) is 10.2 Å². The van der Waals surface area contributed by atoms with E-state index in [1.165, 1.54) is 11.8 Å². The van der Waals surface area contributed by atoms with Crippen molar-refractivity contribution in [3.8, 4) is 11.6 Å². The molecule has 0 radical (unpaired) electrons. The highest BCUT2D eigenvalue weighted by Gasteiger charge is 2.21. The average Bonchev–Trinajstić information content (AvgIpc) is 3.25. The van der Waals surface area contributed by atoms with Crippen LogP contribution in [-0.4, -0.2) is 25.8 Å². The van der Waals surface area contributed by atoms with Crippen LogP contribution in [0.3, 0.4) is 0 Å². The monoisotopic (exact) mass is 363 g/mol. The number of benzene rings is 2. The van der Waals surface area contributed by atoms with Crippen molar-refractivity contribution in [3.63, 3.8) is 0 Å². The molecule has 0 aliphatic heterocycles. The van der Waals surface area contributed by atoms with Crippen LogP contribution in [0, 0.1) is 0 Å². The first-order valence-electron chi connectivity index (χ1n) is 8.28. The maximum absolute atomic E-state index is 12.6. The molecule has 0 spiro atoms. The normalized spacial score (nSPS) is 12.4. The Hall–Kier alpha value is -2.86. The molecule has 130 valence electrons. The van der Waals surface area contributed by atoms with Gasteiger partial charge in [0.25, 0.3) is 0 Å². The molecule has 5 nitrogen and oxygen atoms in total. The first-order valence-corrected chi connectivity index (χ1v) is 9.15. The Kier molecular flexibility index (Phi) is 4.34. The highest BCUT2D eigenvalue weighted by atomic mass is 32.2. The Morgan fingerprint density at radius 1 is 1.08 bits per heavy atom. The summed E-state index contributed by atoms with van der Waals surface area (Å²) in [4.78, 5) is 12.6. The lowest BCUT2D eigenvalue weighted by molar-refractivity contribution is 0.0994. The molecule has 1 atom stereocenters. The molecule has 0 unspecified atom stereocenters. The molecule has 0 saturated carbocycles. The molecule has 4 aromatic rings. The van der Waals surface area contributed by atoms with Crippen LogP contribution < -0.4 is 0 Å². The molecule has 4 rings (SSSR count). The SMILES string of the molecule is C[C@@H](Sc1nnc(-c2cc3ccccc3o2)n1C)C(=O)c1ccccc1. The van der Waals surface area contributed by atoms with Crippen LogP contribution in [0.15, 0.2) is 70.2 Å². The summed E-state index contributed by atoms with van der Waals surface area (Å²) < 4.78 is 7.73. The van der Waals surface area contributed by atoms with Crippen molar-refractivity contribution in [1.82, 2.24) is 14.8 Å². The van der Waals surface area contributed by atoms with Gasteiger partial charge in [-0.25, -0.2) is 0 Å². The first kappa shape index (κ1) is 16.6. The molecule has 0 bridgehead atoms. The molecule has 0 amide bonds. The second kappa shape index (κ2) is 6.80. The van der Waals surface area contributed by atoms with Gasteiger partial charge in [0.15, 0.2) is 22.5 Å². The van der Waals surface area contributed by atoms with Crippen molar-refractivity contribution in [2.75, 3.05) is 0 Å². The Balaban J connectivity index is 1.58. The van der Waals surface area contributed by atoms with Gasteiger partial charge >= 0.3 is 0 Å². The molecule has 6 heteroatoms. The topological polar surface area (TPSA) is 60.9 Å². The molecule has 0 fully saturated rings. The number of fused-ring (bicyclic) bond motifs is 1. The van der Waals surface area contributed by atoms with E-state index in [9.17, 15) is 4.79 Å². The highest BCUT2D eigenvalue weighted by Crippen LogP contribution is 2.30. The number of thioether (sulfide) groups is 1. The summed E-state index contributed by atoms with van der Waals surface area (Å²) in [6.07, 6.45) is 0. The molecule has 0 aliphatic rings. The fourth-order valence-corrected chi connectivity index (χ4v) is 3.66. The maximum atomic E-state index is 12.6. The van der Waals surface area contributed by atoms with E-state index < -0.39 is 0 Å². The van der Waals surface area contributed by atoms with E-state index in [1.54, 1.807) is 0 Å². The Morgan fingerprint density at radius 3 is 2.58 bits per heavy atom. The minimum atomic E-state index is -0.260. The van der Waals surface area contributed by atoms with Crippen molar-refractivity contribution >= 4 is 28.5 Å². The minimum absolute atomic E-state index is 0.0730. The smallest absolute Gasteiger partial charge is 0.200 e. The lowest BCUT2D eigenvalue weighted by atomic mass is 10.1. The molecule has 0 saturated heterocycles. The van der Waals surface area contributed by atoms with Crippen LogP contribution in [0.4, 0.5) is 0 Å². The van der Waals surface area contributed by atoms with Crippen molar-refractivity contribution in [2.24, 2.45) is 7.05 Å². The summed E-state index contributed by atoms with van der Waals surface area (Å²) in [5.41, 5.74) is 1.51. The lowest BCUT2D eigenvalue weighted by Gasteiger charge is -2.09. The fraction of sp³-hybridized carbons (Fsp3) is 0.150. The van der Waals surface area contributed by atoms with E-state index in [-0.39, 0.29) is 11.0 Å². The maximum Gasteiger partial charge on any atom is 0.200 e. The Morgan fingerprint density at radius 2 is 1.81 bits per heavy atom. The van der Waals surface area contributed by atoms with Gasteiger partial charge in [0.05, 0.1) is 5.25 Å². The summed E-state index contributed by atoms with van der Waals surface area (Å²) >= 11 is 1.39. The Labute approximate surface area is 155 Å². The molecule has 26 heavy (non-hydrogen) atoms. The van der Waals surface area contributed by atoms with Crippen LogP contribution in [0.2, 0.25) is 0 Å². The van der Waals surface area contributed by atoms with Gasteiger partial charge in [0.2, 0.25) is 0 Å². The van der Waals surface area contributed by atoms with Gasteiger partial charge in [0, 0.05) is 18.0 Å². The van der Waals surface area contributed by atoms with Gasteiger partial charge in [-0.05, 0) is 19.1 Å². The Bertz CT molecular complexity index is 1040. The number of carbonyl (C=O) groups excluding carboxylic acids is 1. The number of rotatable bonds is 5. The van der Waals surface area contributed by atoms with E-state index in [0.29, 0.717) is 22.3 Å². The zero-order valence-corrected chi connectivity index (χ0v) is 15.2. The van der Waals surface area contributed by atoms with Crippen LogP contribution in [0.25, 0.3) is 22.6 Å². The van der Waals surface area contributed by atoms with Gasteiger partial charge in [-0.15, -0.1) is 10.2 Å². The van der Waals surface area contributed by atoms with Gasteiger partial charge in [-0.3, -0.25) is 4.79 Å². The van der Waals surface area contributed by atoms with E-state index in [4.69, 9.17) is 4.42 Å². The quantitative estimate of drug-likeness (QED) is 0.383. The third-order valence-electron chi connectivity index (χ3n) is 4.19. The summed E-state index contributed by atoms with van der Waals surface area (Å²) in [5, 5.41) is 9.93. The molecule has 2 aromatic heterocycles. The summed E-state index contributed by atoms with van der Waals surface area (Å²) in [5.74, 6) is 1.38. The zero-order chi connectivity index (χ0) is 18.1. The molecular weight excluding hydrogens is 346 g/mol. The molecule has 2 heterocycles. The standard InChI is InChI=1S/C20H17N3O2S/c1-13(18(24)14-8-4-3-5-9-14)26-20-22-21-19(23(20)2)17-12-15-10-6-7-11-16(15)25-17/h3-13H,1-2H3/t13-/m1/s1. The van der Waals surface area contributed by atoms with Gasteiger partial charge < -0.3 is 8.98 Å². The highest BCUT2D eigenvalue weighted by molar-refractivity contribution is 8.00. The molecule has 0 N–H and O–H groups in total. The molecule has 0 aliphatic carbocycles. The minimum Gasteiger partial charge on any atom is -0.453 e. The number of carbonyl (C=O) groups is 1. The largest absolute Gasteiger partial charge is 0.453 e. The van der Waals surface area contributed by atoms with Crippen LogP contribution >= 0.6 is 11.8 Å². The van der Waals surface area contributed by atoms with Crippen molar-refractivity contribution < 1.29 is 9.21 Å². The van der Waals surface area contributed by atoms with Gasteiger partial charge in [-0.1, -0.05) is 60.3 Å². The van der Waals surface area contributed by atoms with E-state index in [1.807, 2.05) is 79.2 Å². The van der Waals surface area contributed by atoms with Crippen molar-refractivity contribution in [3.05, 3.63) is 66.2 Å². The van der Waals surface area contributed by atoms with E-state index in [0.717, 1.165) is 11.0 Å². The number of para-hydroxylation sites is 1. The number of hydrogen-bond donors (Lipinski definition) is 0. The molecule has 2 aromatic carbocycles. The number of hydrogen-bond acceptors (Lipinski definition) is 5. The lowest BCUT2D eigenvalue weighted by Crippen LogP contribution is -2.14. The molecular formula is C20H17N3O2S. The van der Waals surface area contributed by atoms with Crippen LogP contribution in [-0.2, 0) is 7.05 Å². The van der Waals surface area contributed by atoms with Crippen LogP contribution in [0.1, 0.15) is 17.3 Å². The average molecular weight is 363 g/mol. The second-order valence-corrected chi connectivity index (χ2v) is 7.31. The third kappa shape index (κ3) is 3.04. The van der Waals surface area contributed by atoms with Crippen molar-refractivity contribution in [1.29, 1.82) is 0 Å². The predicted octanol–water partition coefficient (Wildman–Crippen LogP) is 4.59. The summed E-state index contributed by atoms with van der Waals surface area (Å²) in [6, 6.07) is 19.1. The second-order valence-electron chi connectivity index (χ2n) is 6.00. The fourth-order valence-electron chi connectivity index (χ4n) is 2.77. The van der Waals surface area contributed by atoms with Crippen molar-refractivity contribution in [2.45, 2.75) is 17.3 Å². The zero-order valence-electron chi connectivity index (χ0n) is 14.4. The summed E-state index contributed by atoms with van der Waals surface area (Å²) in [6.45, 7) is 1.88. The number of nitrogens with zero attached hydrogens (tertiary/aromatic N) is 3. The summed E-state index contributed by atoms with van der Waals surface area (Å²) in [7, 11) is 1.88. The van der Waals surface area contributed by atoms with Gasteiger partial charge in [-0.2, -0.15) is 0 Å².